The first-order valence-electron chi connectivity index (χ1n) is 4.47. The van der Waals surface area contributed by atoms with Gasteiger partial charge in [0.25, 0.3) is 0 Å². The molecule has 78 valence electrons. The molecule has 0 aliphatic rings. The van der Waals surface area contributed by atoms with Crippen LogP contribution in [0.2, 0.25) is 0 Å². The molecule has 15 heavy (non-hydrogen) atoms. The number of sulfone groups is 1. The molecule has 0 saturated heterocycles. The molecule has 0 bridgehead atoms. The van der Waals surface area contributed by atoms with Crippen LogP contribution in [-0.2, 0) is 9.84 Å². The van der Waals surface area contributed by atoms with E-state index in [1.54, 1.807) is 24.3 Å². The van der Waals surface area contributed by atoms with E-state index in [0.717, 1.165) is 10.8 Å². The topological polar surface area (TPSA) is 60.2 Å². The Morgan fingerprint density at radius 3 is 2.53 bits per heavy atom. The second kappa shape index (κ2) is 3.24. The molecule has 0 aromatic heterocycles. The van der Waals surface area contributed by atoms with Crippen molar-refractivity contribution in [2.45, 2.75) is 4.90 Å². The second-order valence-corrected chi connectivity index (χ2v) is 5.52. The van der Waals surface area contributed by atoms with Crippen molar-refractivity contribution < 1.29 is 8.42 Å². The van der Waals surface area contributed by atoms with E-state index in [1.165, 1.54) is 6.26 Å². The summed E-state index contributed by atoms with van der Waals surface area (Å²) in [5, 5.41) is 1.72. The lowest BCUT2D eigenvalue weighted by molar-refractivity contribution is 0.602. The molecule has 4 heteroatoms. The molecule has 2 N–H and O–H groups in total. The van der Waals surface area contributed by atoms with E-state index in [9.17, 15) is 8.42 Å². The zero-order valence-electron chi connectivity index (χ0n) is 8.27. The van der Waals surface area contributed by atoms with Gasteiger partial charge in [-0.1, -0.05) is 18.2 Å². The number of hydrogen-bond donors (Lipinski definition) is 1. The Morgan fingerprint density at radius 2 is 1.87 bits per heavy atom. The van der Waals surface area contributed by atoms with Gasteiger partial charge in [0.05, 0.1) is 4.90 Å². The zero-order chi connectivity index (χ0) is 11.1. The fourth-order valence-corrected chi connectivity index (χ4v) is 2.17. The Hall–Kier alpha value is -1.55. The van der Waals surface area contributed by atoms with Crippen molar-refractivity contribution >= 4 is 26.3 Å². The maximum atomic E-state index is 11.3. The first-order chi connectivity index (χ1) is 6.98. The standard InChI is InChI=1S/C11H11NO2S/c1-15(13,14)9-5-6-10-8(7-9)3-2-4-11(10)12/h2-7H,12H2,1H3. The van der Waals surface area contributed by atoms with E-state index < -0.39 is 9.84 Å². The molecule has 0 amide bonds. The largest absolute Gasteiger partial charge is 0.398 e. The fourth-order valence-electron chi connectivity index (χ4n) is 1.52. The molecule has 2 rings (SSSR count). The summed E-state index contributed by atoms with van der Waals surface area (Å²) in [6.07, 6.45) is 1.19. The first-order valence-corrected chi connectivity index (χ1v) is 6.36. The highest BCUT2D eigenvalue weighted by Crippen LogP contribution is 2.23. The highest BCUT2D eigenvalue weighted by molar-refractivity contribution is 7.90. The van der Waals surface area contributed by atoms with Crippen LogP contribution >= 0.6 is 0 Å². The highest BCUT2D eigenvalue weighted by Gasteiger charge is 2.07. The number of hydrogen-bond acceptors (Lipinski definition) is 3. The minimum atomic E-state index is -3.15. The van der Waals surface area contributed by atoms with Gasteiger partial charge in [-0.05, 0) is 23.6 Å². The minimum Gasteiger partial charge on any atom is -0.398 e. The smallest absolute Gasteiger partial charge is 0.175 e. The van der Waals surface area contributed by atoms with Gasteiger partial charge in [-0.25, -0.2) is 8.42 Å². The first kappa shape index (κ1) is 9.98. The molecular formula is C11H11NO2S. The molecule has 0 heterocycles. The average molecular weight is 221 g/mol. The van der Waals surface area contributed by atoms with Gasteiger partial charge in [-0.3, -0.25) is 0 Å². The van der Waals surface area contributed by atoms with Crippen LogP contribution in [0.25, 0.3) is 10.8 Å². The highest BCUT2D eigenvalue weighted by atomic mass is 32.2. The molecule has 0 saturated carbocycles. The molecule has 0 radical (unpaired) electrons. The van der Waals surface area contributed by atoms with E-state index in [1.807, 2.05) is 12.1 Å². The van der Waals surface area contributed by atoms with Gasteiger partial charge in [0.2, 0.25) is 0 Å². The van der Waals surface area contributed by atoms with Gasteiger partial charge >= 0.3 is 0 Å². The summed E-state index contributed by atoms with van der Waals surface area (Å²) < 4.78 is 22.7. The van der Waals surface area contributed by atoms with E-state index in [-0.39, 0.29) is 0 Å². The van der Waals surface area contributed by atoms with Gasteiger partial charge in [-0.15, -0.1) is 0 Å². The molecule has 0 aliphatic carbocycles. The predicted octanol–water partition coefficient (Wildman–Crippen LogP) is 1.83. The average Bonchev–Trinajstić information content (AvgIpc) is 2.16. The van der Waals surface area contributed by atoms with Crippen molar-refractivity contribution in [2.24, 2.45) is 0 Å². The molecule has 0 aliphatic heterocycles. The number of benzene rings is 2. The van der Waals surface area contributed by atoms with Crippen molar-refractivity contribution in [3.8, 4) is 0 Å². The van der Waals surface area contributed by atoms with Gasteiger partial charge in [0.1, 0.15) is 0 Å². The Morgan fingerprint density at radius 1 is 1.13 bits per heavy atom. The van der Waals surface area contributed by atoms with Crippen molar-refractivity contribution in [1.29, 1.82) is 0 Å². The van der Waals surface area contributed by atoms with Gasteiger partial charge < -0.3 is 5.73 Å². The van der Waals surface area contributed by atoms with Gasteiger partial charge in [0.15, 0.2) is 9.84 Å². The number of rotatable bonds is 1. The number of anilines is 1. The number of nitrogens with two attached hydrogens (primary N) is 1. The normalized spacial score (nSPS) is 11.8. The number of nitrogen functional groups attached to an aromatic ring is 1. The quantitative estimate of drug-likeness (QED) is 0.747. The van der Waals surface area contributed by atoms with Gasteiger partial charge in [-0.2, -0.15) is 0 Å². The van der Waals surface area contributed by atoms with E-state index >= 15 is 0 Å². The molecule has 0 unspecified atom stereocenters. The number of fused-ring (bicyclic) bond motifs is 1. The maximum Gasteiger partial charge on any atom is 0.175 e. The van der Waals surface area contributed by atoms with Crippen LogP contribution in [-0.4, -0.2) is 14.7 Å². The molecule has 2 aromatic carbocycles. The van der Waals surface area contributed by atoms with Crippen molar-refractivity contribution in [3.05, 3.63) is 36.4 Å². The molecule has 3 nitrogen and oxygen atoms in total. The third kappa shape index (κ3) is 1.80. The lowest BCUT2D eigenvalue weighted by atomic mass is 10.1. The molecule has 0 spiro atoms. The Labute approximate surface area is 88.4 Å². The third-order valence-electron chi connectivity index (χ3n) is 2.31. The van der Waals surface area contributed by atoms with E-state index in [2.05, 4.69) is 0 Å². The monoisotopic (exact) mass is 221 g/mol. The molecule has 0 fully saturated rings. The van der Waals surface area contributed by atoms with E-state index in [4.69, 9.17) is 5.73 Å². The zero-order valence-corrected chi connectivity index (χ0v) is 9.08. The van der Waals surface area contributed by atoms with Crippen molar-refractivity contribution in [3.63, 3.8) is 0 Å². The molecule has 0 atom stereocenters. The Kier molecular flexibility index (Phi) is 2.16. The summed E-state index contributed by atoms with van der Waals surface area (Å²) in [4.78, 5) is 0.320. The summed E-state index contributed by atoms with van der Waals surface area (Å²) in [6, 6.07) is 10.4. The third-order valence-corrected chi connectivity index (χ3v) is 3.42. The van der Waals surface area contributed by atoms with Crippen molar-refractivity contribution in [2.75, 3.05) is 12.0 Å². The Bertz CT molecular complexity index is 618. The van der Waals surface area contributed by atoms with Crippen LogP contribution in [0.1, 0.15) is 0 Å². The van der Waals surface area contributed by atoms with E-state index in [0.29, 0.717) is 10.6 Å². The SMILES string of the molecule is CS(=O)(=O)c1ccc2c(N)cccc2c1. The van der Waals surface area contributed by atoms with Crippen LogP contribution in [0.3, 0.4) is 0 Å². The van der Waals surface area contributed by atoms with Crippen LogP contribution in [0.15, 0.2) is 41.3 Å². The minimum absolute atomic E-state index is 0.320. The fraction of sp³-hybridized carbons (Fsp3) is 0.0909. The lowest BCUT2D eigenvalue weighted by Gasteiger charge is -2.03. The van der Waals surface area contributed by atoms with Crippen LogP contribution in [0.5, 0.6) is 0 Å². The predicted molar refractivity (Wildman–Crippen MR) is 61.5 cm³/mol. The summed E-state index contributed by atoms with van der Waals surface area (Å²) in [7, 11) is -3.15. The Balaban J connectivity index is 2.79. The second-order valence-electron chi connectivity index (χ2n) is 3.50. The van der Waals surface area contributed by atoms with Crippen molar-refractivity contribution in [1.82, 2.24) is 0 Å². The maximum absolute atomic E-state index is 11.3. The summed E-state index contributed by atoms with van der Waals surface area (Å²) >= 11 is 0. The summed E-state index contributed by atoms with van der Waals surface area (Å²) in [5.41, 5.74) is 6.43. The van der Waals surface area contributed by atoms with Crippen LogP contribution < -0.4 is 5.73 Å². The summed E-state index contributed by atoms with van der Waals surface area (Å²) in [6.45, 7) is 0. The lowest BCUT2D eigenvalue weighted by Crippen LogP contribution is -1.97. The van der Waals surface area contributed by atoms with Crippen LogP contribution in [0.4, 0.5) is 5.69 Å². The molecular weight excluding hydrogens is 210 g/mol. The summed E-state index contributed by atoms with van der Waals surface area (Å²) in [5.74, 6) is 0. The van der Waals surface area contributed by atoms with Crippen LogP contribution in [0, 0.1) is 0 Å². The van der Waals surface area contributed by atoms with Gasteiger partial charge in [0, 0.05) is 17.3 Å². The molecule has 2 aromatic rings.